The summed E-state index contributed by atoms with van der Waals surface area (Å²) in [5.74, 6) is 2.25. The molecule has 1 aromatic carbocycles. The number of methoxy groups -OCH3 is 1. The van der Waals surface area contributed by atoms with Crippen LogP contribution >= 0.6 is 0 Å². The molecule has 0 aliphatic rings. The van der Waals surface area contributed by atoms with Crippen LogP contribution in [0.2, 0.25) is 0 Å². The van der Waals surface area contributed by atoms with Gasteiger partial charge in [-0.2, -0.15) is 0 Å². The Labute approximate surface area is 119 Å². The summed E-state index contributed by atoms with van der Waals surface area (Å²) in [4.78, 5) is 4.12. The third-order valence-electron chi connectivity index (χ3n) is 3.08. The number of benzene rings is 1. The lowest BCUT2D eigenvalue weighted by Gasteiger charge is -2.14. The van der Waals surface area contributed by atoms with Crippen molar-refractivity contribution in [3.8, 4) is 17.2 Å². The average molecular weight is 272 g/mol. The molecule has 1 N–H and O–H groups in total. The van der Waals surface area contributed by atoms with Gasteiger partial charge in [0.15, 0.2) is 11.5 Å². The van der Waals surface area contributed by atoms with Gasteiger partial charge in [-0.05, 0) is 37.2 Å². The van der Waals surface area contributed by atoms with Crippen LogP contribution in [0.3, 0.4) is 0 Å². The second-order valence-electron chi connectivity index (χ2n) is 4.45. The molecule has 0 saturated carbocycles. The maximum atomic E-state index is 5.98. The topological polar surface area (TPSA) is 43.4 Å². The molecule has 0 atom stereocenters. The molecule has 0 amide bonds. The van der Waals surface area contributed by atoms with Gasteiger partial charge < -0.3 is 14.8 Å². The van der Waals surface area contributed by atoms with Gasteiger partial charge in [0, 0.05) is 24.5 Å². The minimum absolute atomic E-state index is 0.707. The van der Waals surface area contributed by atoms with Gasteiger partial charge in [0.1, 0.15) is 5.75 Å². The third-order valence-corrected chi connectivity index (χ3v) is 3.08. The van der Waals surface area contributed by atoms with Crippen LogP contribution in [-0.2, 0) is 13.0 Å². The molecule has 4 heteroatoms. The normalized spacial score (nSPS) is 10.3. The van der Waals surface area contributed by atoms with Crippen molar-refractivity contribution in [1.29, 1.82) is 0 Å². The van der Waals surface area contributed by atoms with Crippen LogP contribution < -0.4 is 14.8 Å². The number of pyridine rings is 1. The van der Waals surface area contributed by atoms with Crippen LogP contribution in [0.25, 0.3) is 0 Å². The average Bonchev–Trinajstić information content (AvgIpc) is 2.50. The molecule has 0 radical (unpaired) electrons. The summed E-state index contributed by atoms with van der Waals surface area (Å²) in [5, 5.41) is 3.11. The zero-order valence-corrected chi connectivity index (χ0v) is 12.1. The molecule has 1 aromatic heterocycles. The molecule has 0 aliphatic carbocycles. The Bertz CT molecular complexity index is 570. The summed E-state index contributed by atoms with van der Waals surface area (Å²) >= 11 is 0. The second kappa shape index (κ2) is 6.91. The Morgan fingerprint density at radius 3 is 2.70 bits per heavy atom. The fourth-order valence-corrected chi connectivity index (χ4v) is 1.97. The lowest BCUT2D eigenvalue weighted by atomic mass is 10.1. The fraction of sp³-hybridized carbons (Fsp3) is 0.312. The number of nitrogens with one attached hydrogen (secondary N) is 1. The fourth-order valence-electron chi connectivity index (χ4n) is 1.97. The van der Waals surface area contributed by atoms with E-state index in [0.29, 0.717) is 12.3 Å². The number of hydrogen-bond acceptors (Lipinski definition) is 4. The predicted octanol–water partition coefficient (Wildman–Crippen LogP) is 3.16. The first-order valence-corrected chi connectivity index (χ1v) is 6.70. The maximum Gasteiger partial charge on any atom is 0.169 e. The van der Waals surface area contributed by atoms with Crippen LogP contribution in [0, 0.1) is 0 Å². The van der Waals surface area contributed by atoms with E-state index in [4.69, 9.17) is 9.47 Å². The molecule has 0 fully saturated rings. The molecule has 0 saturated heterocycles. The smallest absolute Gasteiger partial charge is 0.169 e. The van der Waals surface area contributed by atoms with E-state index in [2.05, 4.69) is 23.3 Å². The van der Waals surface area contributed by atoms with Crippen molar-refractivity contribution in [2.45, 2.75) is 19.9 Å². The van der Waals surface area contributed by atoms with E-state index in [1.807, 2.05) is 25.2 Å². The predicted molar refractivity (Wildman–Crippen MR) is 79.4 cm³/mol. The van der Waals surface area contributed by atoms with Gasteiger partial charge in [-0.25, -0.2) is 0 Å². The van der Waals surface area contributed by atoms with Crippen molar-refractivity contribution in [2.24, 2.45) is 0 Å². The van der Waals surface area contributed by atoms with Gasteiger partial charge in [-0.3, -0.25) is 4.98 Å². The molecule has 2 rings (SSSR count). The summed E-state index contributed by atoms with van der Waals surface area (Å²) in [6, 6.07) is 7.87. The number of aromatic nitrogens is 1. The number of aryl methyl sites for hydroxylation is 1. The first kappa shape index (κ1) is 14.3. The summed E-state index contributed by atoms with van der Waals surface area (Å²) in [6.45, 7) is 2.82. The third kappa shape index (κ3) is 3.27. The molecule has 0 spiro atoms. The quantitative estimate of drug-likeness (QED) is 0.877. The van der Waals surface area contributed by atoms with Gasteiger partial charge >= 0.3 is 0 Å². The largest absolute Gasteiger partial charge is 0.493 e. The van der Waals surface area contributed by atoms with E-state index in [-0.39, 0.29) is 0 Å². The highest BCUT2D eigenvalue weighted by Gasteiger charge is 2.09. The van der Waals surface area contributed by atoms with Crippen molar-refractivity contribution < 1.29 is 9.47 Å². The minimum atomic E-state index is 0.707. The standard InChI is InChI=1S/C16H20N2O2/c1-4-12-5-6-15(16(9-12)19-3)20-14-7-8-18-11-13(14)10-17-2/h5-9,11,17H,4,10H2,1-3H3. The van der Waals surface area contributed by atoms with E-state index in [1.165, 1.54) is 5.56 Å². The van der Waals surface area contributed by atoms with E-state index in [9.17, 15) is 0 Å². The van der Waals surface area contributed by atoms with Crippen molar-refractivity contribution in [3.63, 3.8) is 0 Å². The maximum absolute atomic E-state index is 5.98. The first-order chi connectivity index (χ1) is 9.78. The molecule has 2 aromatic rings. The molecule has 1 heterocycles. The van der Waals surface area contributed by atoms with Crippen molar-refractivity contribution in [2.75, 3.05) is 14.2 Å². The Balaban J connectivity index is 2.30. The van der Waals surface area contributed by atoms with Crippen LogP contribution in [0.1, 0.15) is 18.1 Å². The van der Waals surface area contributed by atoms with E-state index >= 15 is 0 Å². The Kier molecular flexibility index (Phi) is 4.96. The van der Waals surface area contributed by atoms with Crippen LogP contribution in [0.15, 0.2) is 36.7 Å². The highest BCUT2D eigenvalue weighted by Crippen LogP contribution is 2.33. The first-order valence-electron chi connectivity index (χ1n) is 6.70. The van der Waals surface area contributed by atoms with Crippen molar-refractivity contribution in [1.82, 2.24) is 10.3 Å². The molecule has 4 nitrogen and oxygen atoms in total. The monoisotopic (exact) mass is 272 g/mol. The summed E-state index contributed by atoms with van der Waals surface area (Å²) in [7, 11) is 3.55. The van der Waals surface area contributed by atoms with Gasteiger partial charge in [0.2, 0.25) is 0 Å². The van der Waals surface area contributed by atoms with Crippen LogP contribution in [-0.4, -0.2) is 19.1 Å². The summed E-state index contributed by atoms with van der Waals surface area (Å²) < 4.78 is 11.4. The lowest BCUT2D eigenvalue weighted by molar-refractivity contribution is 0.376. The highest BCUT2D eigenvalue weighted by molar-refractivity contribution is 5.46. The van der Waals surface area contributed by atoms with Crippen molar-refractivity contribution in [3.05, 3.63) is 47.8 Å². The number of ether oxygens (including phenoxy) is 2. The Morgan fingerprint density at radius 2 is 2.00 bits per heavy atom. The second-order valence-corrected chi connectivity index (χ2v) is 4.45. The van der Waals surface area contributed by atoms with Crippen LogP contribution in [0.4, 0.5) is 0 Å². The lowest BCUT2D eigenvalue weighted by Crippen LogP contribution is -2.06. The Hall–Kier alpha value is -2.07. The van der Waals surface area contributed by atoms with E-state index < -0.39 is 0 Å². The molecular formula is C16H20N2O2. The number of rotatable bonds is 6. The van der Waals surface area contributed by atoms with Gasteiger partial charge in [0.05, 0.1) is 7.11 Å². The Morgan fingerprint density at radius 1 is 1.15 bits per heavy atom. The number of nitrogens with zero attached hydrogens (tertiary/aromatic N) is 1. The van der Waals surface area contributed by atoms with E-state index in [1.54, 1.807) is 19.5 Å². The van der Waals surface area contributed by atoms with Gasteiger partial charge in [-0.15, -0.1) is 0 Å². The number of hydrogen-bond donors (Lipinski definition) is 1. The molecule has 20 heavy (non-hydrogen) atoms. The van der Waals surface area contributed by atoms with Gasteiger partial charge in [-0.1, -0.05) is 13.0 Å². The highest BCUT2D eigenvalue weighted by atomic mass is 16.5. The minimum Gasteiger partial charge on any atom is -0.493 e. The van der Waals surface area contributed by atoms with Gasteiger partial charge in [0.25, 0.3) is 0 Å². The van der Waals surface area contributed by atoms with Crippen molar-refractivity contribution >= 4 is 0 Å². The SMILES string of the molecule is CCc1ccc(Oc2ccncc2CNC)c(OC)c1. The molecule has 106 valence electrons. The summed E-state index contributed by atoms with van der Waals surface area (Å²) in [5.41, 5.74) is 2.23. The molecule has 0 unspecified atom stereocenters. The summed E-state index contributed by atoms with van der Waals surface area (Å²) in [6.07, 6.45) is 4.50. The van der Waals surface area contributed by atoms with E-state index in [0.717, 1.165) is 23.5 Å². The molecular weight excluding hydrogens is 252 g/mol. The zero-order chi connectivity index (χ0) is 14.4. The molecule has 0 bridgehead atoms. The molecule has 0 aliphatic heterocycles. The zero-order valence-electron chi connectivity index (χ0n) is 12.1. The van der Waals surface area contributed by atoms with Crippen LogP contribution in [0.5, 0.6) is 17.2 Å².